The average molecular weight is 126 g/mol. The summed E-state index contributed by atoms with van der Waals surface area (Å²) in [4.78, 5) is 10.9. The van der Waals surface area contributed by atoms with Gasteiger partial charge in [-0.1, -0.05) is 0 Å². The van der Waals surface area contributed by atoms with Crippen molar-refractivity contribution in [2.24, 2.45) is 0 Å². The Morgan fingerprint density at radius 1 is 1.33 bits per heavy atom. The van der Waals surface area contributed by atoms with Gasteiger partial charge in [0.1, 0.15) is 18.3 Å². The Morgan fingerprint density at radius 2 is 2.22 bits per heavy atom. The van der Waals surface area contributed by atoms with Crippen LogP contribution in [-0.4, -0.2) is 30.2 Å². The van der Waals surface area contributed by atoms with Gasteiger partial charge in [-0.3, -0.25) is 4.79 Å². The summed E-state index contributed by atoms with van der Waals surface area (Å²) in [6.07, 6.45) is 0.961. The molecule has 2 unspecified atom stereocenters. The number of hydrogen-bond donors (Lipinski definition) is 0. The molecule has 4 atom stereocenters. The van der Waals surface area contributed by atoms with Gasteiger partial charge < -0.3 is 9.47 Å². The van der Waals surface area contributed by atoms with Crippen molar-refractivity contribution in [3.63, 3.8) is 0 Å². The van der Waals surface area contributed by atoms with Crippen LogP contribution in [0.25, 0.3) is 0 Å². The predicted molar refractivity (Wildman–Crippen MR) is 26.9 cm³/mol. The lowest BCUT2D eigenvalue weighted by Crippen LogP contribution is -2.22. The van der Waals surface area contributed by atoms with Crippen molar-refractivity contribution in [1.29, 1.82) is 0 Å². The van der Waals surface area contributed by atoms with Gasteiger partial charge in [0.05, 0.1) is 6.10 Å². The van der Waals surface area contributed by atoms with Gasteiger partial charge in [0.25, 0.3) is 0 Å². The minimum atomic E-state index is -0.181. The van der Waals surface area contributed by atoms with Crippen LogP contribution in [-0.2, 0) is 14.3 Å². The van der Waals surface area contributed by atoms with Crippen LogP contribution in [0, 0.1) is 0 Å². The highest BCUT2D eigenvalue weighted by Crippen LogP contribution is 2.46. The molecule has 3 rings (SSSR count). The van der Waals surface area contributed by atoms with E-state index in [1.54, 1.807) is 0 Å². The van der Waals surface area contributed by atoms with Gasteiger partial charge in [-0.2, -0.15) is 0 Å². The Bertz CT molecular complexity index is 189. The smallest absolute Gasteiger partial charge is 0.167 e. The lowest BCUT2D eigenvalue weighted by atomic mass is 10.00. The summed E-state index contributed by atoms with van der Waals surface area (Å²) in [5.74, 6) is 0.235. The van der Waals surface area contributed by atoms with Crippen molar-refractivity contribution >= 4 is 5.78 Å². The Balaban J connectivity index is 2.04. The van der Waals surface area contributed by atoms with Gasteiger partial charge in [-0.05, 0) is 0 Å². The normalized spacial score (nSPS) is 60.2. The standard InChI is InChI=1S/C6H6O3/c7-2-1-3-5-6(9-5)4(2)8-3/h3-6H,1H2/t3-,4+,5?,6?/m0/s1. The quantitative estimate of drug-likeness (QED) is 0.410. The molecule has 3 aliphatic rings. The van der Waals surface area contributed by atoms with Crippen molar-refractivity contribution < 1.29 is 14.3 Å². The first kappa shape index (κ1) is 4.41. The highest BCUT2D eigenvalue weighted by atomic mass is 16.7. The first-order valence-corrected chi connectivity index (χ1v) is 3.20. The molecule has 0 aliphatic carbocycles. The third-order valence-corrected chi connectivity index (χ3v) is 2.27. The van der Waals surface area contributed by atoms with E-state index in [0.29, 0.717) is 6.42 Å². The van der Waals surface area contributed by atoms with Gasteiger partial charge >= 0.3 is 0 Å². The molecule has 0 spiro atoms. The zero-order valence-corrected chi connectivity index (χ0v) is 4.74. The lowest BCUT2D eigenvalue weighted by molar-refractivity contribution is -0.123. The van der Waals surface area contributed by atoms with Crippen molar-refractivity contribution in [3.05, 3.63) is 0 Å². The minimum absolute atomic E-state index is 0.118. The summed E-state index contributed by atoms with van der Waals surface area (Å²) >= 11 is 0. The molecule has 0 radical (unpaired) electrons. The molecule has 0 saturated carbocycles. The second-order valence-electron chi connectivity index (χ2n) is 2.83. The number of epoxide rings is 1. The van der Waals surface area contributed by atoms with E-state index in [-0.39, 0.29) is 30.2 Å². The van der Waals surface area contributed by atoms with Gasteiger partial charge in [0.15, 0.2) is 5.78 Å². The number of rotatable bonds is 0. The molecule has 48 valence electrons. The fraction of sp³-hybridized carbons (Fsp3) is 0.833. The fourth-order valence-electron chi connectivity index (χ4n) is 1.76. The third kappa shape index (κ3) is 0.362. The lowest BCUT2D eigenvalue weighted by Gasteiger charge is -1.99. The van der Waals surface area contributed by atoms with Crippen LogP contribution in [0.1, 0.15) is 6.42 Å². The second-order valence-corrected chi connectivity index (χ2v) is 2.83. The fourth-order valence-corrected chi connectivity index (χ4v) is 1.76. The highest BCUT2D eigenvalue weighted by molar-refractivity contribution is 5.88. The van der Waals surface area contributed by atoms with Crippen LogP contribution in [0.3, 0.4) is 0 Å². The van der Waals surface area contributed by atoms with E-state index in [0.717, 1.165) is 0 Å². The summed E-state index contributed by atoms with van der Waals surface area (Å²) in [5.41, 5.74) is 0. The molecule has 9 heavy (non-hydrogen) atoms. The van der Waals surface area contributed by atoms with Crippen molar-refractivity contribution in [2.45, 2.75) is 30.8 Å². The summed E-state index contributed by atoms with van der Waals surface area (Å²) < 4.78 is 10.4. The molecule has 3 aliphatic heterocycles. The van der Waals surface area contributed by atoms with E-state index < -0.39 is 0 Å². The van der Waals surface area contributed by atoms with Crippen LogP contribution in [0.2, 0.25) is 0 Å². The van der Waals surface area contributed by atoms with Crippen LogP contribution in [0.5, 0.6) is 0 Å². The molecule has 3 nitrogen and oxygen atoms in total. The predicted octanol–water partition coefficient (Wildman–Crippen LogP) is -0.506. The van der Waals surface area contributed by atoms with E-state index in [9.17, 15) is 4.79 Å². The average Bonchev–Trinajstić information content (AvgIpc) is 2.46. The van der Waals surface area contributed by atoms with Crippen LogP contribution in [0.15, 0.2) is 0 Å². The first-order chi connectivity index (χ1) is 4.36. The molecule has 0 amide bonds. The number of Topliss-reactive ketones (excluding diaryl/α,β-unsaturated/α-hetero) is 1. The number of ether oxygens (including phenoxy) is 2. The Kier molecular flexibility index (Phi) is 0.522. The second kappa shape index (κ2) is 1.07. The largest absolute Gasteiger partial charge is 0.363 e. The maximum Gasteiger partial charge on any atom is 0.167 e. The summed E-state index contributed by atoms with van der Waals surface area (Å²) in [6.45, 7) is 0. The molecular weight excluding hydrogens is 120 g/mol. The molecule has 3 saturated heterocycles. The topological polar surface area (TPSA) is 38.8 Å². The Labute approximate surface area is 51.9 Å². The van der Waals surface area contributed by atoms with Crippen LogP contribution in [0.4, 0.5) is 0 Å². The maximum atomic E-state index is 10.9. The van der Waals surface area contributed by atoms with E-state index in [4.69, 9.17) is 9.47 Å². The van der Waals surface area contributed by atoms with E-state index >= 15 is 0 Å². The van der Waals surface area contributed by atoms with Gasteiger partial charge in [-0.15, -0.1) is 0 Å². The first-order valence-electron chi connectivity index (χ1n) is 3.20. The van der Waals surface area contributed by atoms with E-state index in [1.807, 2.05) is 0 Å². The molecule has 0 aromatic heterocycles. The van der Waals surface area contributed by atoms with Crippen molar-refractivity contribution in [1.82, 2.24) is 0 Å². The molecule has 3 heterocycles. The van der Waals surface area contributed by atoms with E-state index in [1.165, 1.54) is 0 Å². The monoisotopic (exact) mass is 126 g/mol. The molecule has 0 N–H and O–H groups in total. The van der Waals surface area contributed by atoms with Crippen LogP contribution < -0.4 is 0 Å². The molecule has 3 heteroatoms. The number of carbonyl (C=O) groups excluding carboxylic acids is 1. The van der Waals surface area contributed by atoms with Crippen molar-refractivity contribution in [2.75, 3.05) is 0 Å². The SMILES string of the molecule is O=C1C[C@@H]2O[C@H]1C1OC12. The molecule has 0 aromatic rings. The Morgan fingerprint density at radius 3 is 2.78 bits per heavy atom. The van der Waals surface area contributed by atoms with Crippen LogP contribution >= 0.6 is 0 Å². The number of carbonyl (C=O) groups is 1. The number of hydrogen-bond acceptors (Lipinski definition) is 3. The van der Waals surface area contributed by atoms with E-state index in [2.05, 4.69) is 0 Å². The van der Waals surface area contributed by atoms with Crippen molar-refractivity contribution in [3.8, 4) is 0 Å². The molecule has 0 aromatic carbocycles. The van der Waals surface area contributed by atoms with Gasteiger partial charge in [0, 0.05) is 6.42 Å². The summed E-state index contributed by atoms with van der Waals surface area (Å²) in [7, 11) is 0. The number of fused-ring (bicyclic) bond motifs is 5. The third-order valence-electron chi connectivity index (χ3n) is 2.27. The van der Waals surface area contributed by atoms with Gasteiger partial charge in [-0.25, -0.2) is 0 Å². The summed E-state index contributed by atoms with van der Waals surface area (Å²) in [5, 5.41) is 0. The minimum Gasteiger partial charge on any atom is -0.363 e. The highest BCUT2D eigenvalue weighted by Gasteiger charge is 2.65. The molecular formula is C6H6O3. The summed E-state index contributed by atoms with van der Waals surface area (Å²) in [6, 6.07) is 0. The zero-order chi connectivity index (χ0) is 6.01. The molecule has 3 fully saturated rings. The zero-order valence-electron chi connectivity index (χ0n) is 4.74. The maximum absolute atomic E-state index is 10.9. The number of ketones is 1. The Hall–Kier alpha value is -0.410. The van der Waals surface area contributed by atoms with Gasteiger partial charge in [0.2, 0.25) is 0 Å². The molecule has 2 bridgehead atoms.